The van der Waals surface area contributed by atoms with Crippen molar-refractivity contribution in [3.05, 3.63) is 18.2 Å². The summed E-state index contributed by atoms with van der Waals surface area (Å²) in [6, 6.07) is 0. The third-order valence-electron chi connectivity index (χ3n) is 2.01. The summed E-state index contributed by atoms with van der Waals surface area (Å²) in [5.41, 5.74) is -2.36. The monoisotopic (exact) mass is 253 g/mol. The van der Waals surface area contributed by atoms with Crippen LogP contribution in [0.2, 0.25) is 0 Å². The van der Waals surface area contributed by atoms with E-state index in [1.165, 1.54) is 18.6 Å². The molecule has 0 aliphatic rings. The number of imidazole rings is 1. The van der Waals surface area contributed by atoms with Crippen LogP contribution < -0.4 is 0 Å². The number of isocyanates is 1. The van der Waals surface area contributed by atoms with Gasteiger partial charge in [-0.2, -0.15) is 4.99 Å². The molecule has 0 aromatic carbocycles. The summed E-state index contributed by atoms with van der Waals surface area (Å²) in [6.45, 7) is 5.03. The smallest absolute Gasteiger partial charge is 0.360 e. The molecular formula is C11H15N3O4. The summed E-state index contributed by atoms with van der Waals surface area (Å²) in [5.74, 6) is -1.36. The highest BCUT2D eigenvalue weighted by Crippen LogP contribution is 2.25. The molecule has 18 heavy (non-hydrogen) atoms. The molecule has 7 nitrogen and oxygen atoms in total. The van der Waals surface area contributed by atoms with Crippen molar-refractivity contribution in [2.45, 2.75) is 38.5 Å². The molecule has 1 aromatic heterocycles. The van der Waals surface area contributed by atoms with Crippen molar-refractivity contribution >= 4 is 12.0 Å². The summed E-state index contributed by atoms with van der Waals surface area (Å²) >= 11 is 0. The van der Waals surface area contributed by atoms with Gasteiger partial charge in [-0.25, -0.2) is 14.6 Å². The van der Waals surface area contributed by atoms with Crippen molar-refractivity contribution in [3.8, 4) is 0 Å². The molecule has 0 bridgehead atoms. The van der Waals surface area contributed by atoms with E-state index in [1.54, 1.807) is 20.8 Å². The molecule has 1 aromatic rings. The molecule has 0 aliphatic carbocycles. The van der Waals surface area contributed by atoms with E-state index in [0.717, 1.165) is 0 Å². The van der Waals surface area contributed by atoms with Crippen LogP contribution in [0.1, 0.15) is 26.5 Å². The number of carboxylic acid groups (broad SMARTS) is 1. The molecular weight excluding hydrogens is 238 g/mol. The van der Waals surface area contributed by atoms with Gasteiger partial charge in [-0.3, -0.25) is 0 Å². The number of nitrogens with one attached hydrogen (secondary N) is 1. The van der Waals surface area contributed by atoms with Gasteiger partial charge in [0.25, 0.3) is 5.72 Å². The number of aromatic amines is 1. The Hall–Kier alpha value is -1.98. The number of nitrogens with zero attached hydrogens (tertiary/aromatic N) is 2. The summed E-state index contributed by atoms with van der Waals surface area (Å²) in [7, 11) is 0. The quantitative estimate of drug-likeness (QED) is 0.598. The van der Waals surface area contributed by atoms with Gasteiger partial charge in [-0.05, 0) is 20.8 Å². The molecule has 98 valence electrons. The van der Waals surface area contributed by atoms with Crippen LogP contribution in [0, 0.1) is 0 Å². The highest BCUT2D eigenvalue weighted by Gasteiger charge is 2.44. The number of rotatable bonds is 5. The van der Waals surface area contributed by atoms with E-state index in [9.17, 15) is 14.7 Å². The second kappa shape index (κ2) is 5.12. The maximum atomic E-state index is 11.4. The first-order valence-electron chi connectivity index (χ1n) is 5.29. The van der Waals surface area contributed by atoms with Crippen LogP contribution in [0.5, 0.6) is 0 Å². The fraction of sp³-hybridized carbons (Fsp3) is 0.545. The molecule has 0 radical (unpaired) electrons. The fourth-order valence-electron chi connectivity index (χ4n) is 1.48. The lowest BCUT2D eigenvalue weighted by atomic mass is 10.1. The second-order valence-corrected chi connectivity index (χ2v) is 4.74. The van der Waals surface area contributed by atoms with Crippen LogP contribution in [0.15, 0.2) is 17.5 Å². The lowest BCUT2D eigenvalue weighted by molar-refractivity contribution is -0.183. The van der Waals surface area contributed by atoms with Crippen molar-refractivity contribution in [2.24, 2.45) is 4.99 Å². The molecule has 1 heterocycles. The number of carboxylic acids is 1. The molecule has 7 heteroatoms. The molecule has 0 aliphatic heterocycles. The zero-order valence-corrected chi connectivity index (χ0v) is 10.4. The number of carbonyl (C=O) groups is 1. The standard InChI is InChI=1S/C11H15N3O4/c1-10(2,3)18-11(9(16)17,14-7-15)4-8-5-12-6-13-8/h5-6H,4H2,1-3H3,(H,12,13)(H,16,17)/t11-/m1/s1. The highest BCUT2D eigenvalue weighted by atomic mass is 16.6. The Morgan fingerprint density at radius 2 is 2.28 bits per heavy atom. The number of aliphatic carboxylic acids is 1. The first-order valence-corrected chi connectivity index (χ1v) is 5.29. The molecule has 2 N–H and O–H groups in total. The van der Waals surface area contributed by atoms with E-state index in [2.05, 4.69) is 15.0 Å². The van der Waals surface area contributed by atoms with Gasteiger partial charge in [0, 0.05) is 6.20 Å². The molecule has 1 atom stereocenters. The lowest BCUT2D eigenvalue weighted by Gasteiger charge is -2.31. The third kappa shape index (κ3) is 3.51. The highest BCUT2D eigenvalue weighted by molar-refractivity contribution is 5.78. The van der Waals surface area contributed by atoms with E-state index < -0.39 is 17.3 Å². The first-order chi connectivity index (χ1) is 8.29. The van der Waals surface area contributed by atoms with Crippen LogP contribution >= 0.6 is 0 Å². The first kappa shape index (κ1) is 14.1. The zero-order valence-electron chi connectivity index (χ0n) is 10.4. The Labute approximate surface area is 104 Å². The normalized spacial score (nSPS) is 14.6. The van der Waals surface area contributed by atoms with Crippen molar-refractivity contribution < 1.29 is 19.4 Å². The van der Waals surface area contributed by atoms with Gasteiger partial charge in [-0.15, -0.1) is 0 Å². The molecule has 0 spiro atoms. The number of aromatic nitrogens is 2. The van der Waals surface area contributed by atoms with Crippen molar-refractivity contribution in [1.82, 2.24) is 9.97 Å². The molecule has 0 unspecified atom stereocenters. The number of hydrogen-bond donors (Lipinski definition) is 2. The topological polar surface area (TPSA) is 105 Å². The van der Waals surface area contributed by atoms with E-state index >= 15 is 0 Å². The minimum atomic E-state index is -2.00. The number of ether oxygens (including phenoxy) is 1. The van der Waals surface area contributed by atoms with Crippen molar-refractivity contribution in [2.75, 3.05) is 0 Å². The molecule has 0 saturated carbocycles. The van der Waals surface area contributed by atoms with E-state index in [-0.39, 0.29) is 6.42 Å². The van der Waals surface area contributed by atoms with Crippen LogP contribution in [-0.2, 0) is 20.7 Å². The molecule has 0 amide bonds. The van der Waals surface area contributed by atoms with Gasteiger partial charge in [-0.1, -0.05) is 0 Å². The largest absolute Gasteiger partial charge is 0.478 e. The molecule has 0 saturated heterocycles. The number of carbonyl (C=O) groups excluding carboxylic acids is 1. The van der Waals surface area contributed by atoms with Gasteiger partial charge in [0.05, 0.1) is 24.0 Å². The van der Waals surface area contributed by atoms with Gasteiger partial charge in [0.15, 0.2) is 0 Å². The van der Waals surface area contributed by atoms with Crippen LogP contribution in [0.25, 0.3) is 0 Å². The van der Waals surface area contributed by atoms with E-state index in [0.29, 0.717) is 5.69 Å². The minimum absolute atomic E-state index is 0.154. The summed E-state index contributed by atoms with van der Waals surface area (Å²) in [6.07, 6.45) is 4.03. The van der Waals surface area contributed by atoms with Gasteiger partial charge >= 0.3 is 5.97 Å². The molecule has 0 fully saturated rings. The lowest BCUT2D eigenvalue weighted by Crippen LogP contribution is -2.47. The van der Waals surface area contributed by atoms with E-state index in [4.69, 9.17) is 4.74 Å². The fourth-order valence-corrected chi connectivity index (χ4v) is 1.48. The number of hydrogen-bond acceptors (Lipinski definition) is 5. The maximum Gasteiger partial charge on any atom is 0.360 e. The average molecular weight is 253 g/mol. The summed E-state index contributed by atoms with van der Waals surface area (Å²) in [5, 5.41) is 9.28. The maximum absolute atomic E-state index is 11.4. The summed E-state index contributed by atoms with van der Waals surface area (Å²) in [4.78, 5) is 31.8. The van der Waals surface area contributed by atoms with E-state index in [1.807, 2.05) is 0 Å². The van der Waals surface area contributed by atoms with Crippen molar-refractivity contribution in [3.63, 3.8) is 0 Å². The minimum Gasteiger partial charge on any atom is -0.478 e. The SMILES string of the molecule is CC(C)(C)O[C@@](Cc1c[nH]cn1)(N=C=O)C(=O)O. The van der Waals surface area contributed by atoms with Crippen LogP contribution in [0.3, 0.4) is 0 Å². The van der Waals surface area contributed by atoms with Crippen LogP contribution in [-0.4, -0.2) is 38.4 Å². The Morgan fingerprint density at radius 1 is 1.61 bits per heavy atom. The number of H-pyrrole nitrogens is 1. The Bertz CT molecular complexity index is 453. The Balaban J connectivity index is 3.13. The zero-order chi connectivity index (χ0) is 13.8. The van der Waals surface area contributed by atoms with Gasteiger partial charge < -0.3 is 14.8 Å². The van der Waals surface area contributed by atoms with Crippen LogP contribution in [0.4, 0.5) is 0 Å². The predicted molar refractivity (Wildman–Crippen MR) is 61.6 cm³/mol. The Kier molecular flexibility index (Phi) is 4.00. The van der Waals surface area contributed by atoms with Crippen molar-refractivity contribution in [1.29, 1.82) is 0 Å². The molecule has 1 rings (SSSR count). The second-order valence-electron chi connectivity index (χ2n) is 4.74. The Morgan fingerprint density at radius 3 is 2.67 bits per heavy atom. The average Bonchev–Trinajstić information content (AvgIpc) is 2.67. The van der Waals surface area contributed by atoms with Gasteiger partial charge in [0.1, 0.15) is 0 Å². The van der Waals surface area contributed by atoms with Gasteiger partial charge in [0.2, 0.25) is 6.08 Å². The predicted octanol–water partition coefficient (Wildman–Crippen LogP) is 0.884. The summed E-state index contributed by atoms with van der Waals surface area (Å²) < 4.78 is 5.42. The third-order valence-corrected chi connectivity index (χ3v) is 2.01. The number of aliphatic imine (C=N–C) groups is 1.